The van der Waals surface area contributed by atoms with E-state index in [4.69, 9.17) is 4.74 Å². The Bertz CT molecular complexity index is 878. The topological polar surface area (TPSA) is 46.6 Å². The van der Waals surface area contributed by atoms with Crippen molar-refractivity contribution < 1.29 is 14.3 Å². The van der Waals surface area contributed by atoms with E-state index in [1.54, 1.807) is 7.11 Å². The van der Waals surface area contributed by atoms with E-state index < -0.39 is 0 Å². The van der Waals surface area contributed by atoms with E-state index in [-0.39, 0.29) is 17.6 Å². The van der Waals surface area contributed by atoms with Crippen LogP contribution in [-0.2, 0) is 17.6 Å². The van der Waals surface area contributed by atoms with E-state index in [0.29, 0.717) is 25.4 Å². The number of ketones is 1. The summed E-state index contributed by atoms with van der Waals surface area (Å²) in [7, 11) is 1.65. The first-order chi connectivity index (χ1) is 14.4. The molecular formula is C26H33NO3. The molecule has 2 aromatic carbocycles. The molecule has 30 heavy (non-hydrogen) atoms. The molecule has 1 amide bonds. The number of hydrogen-bond acceptors (Lipinski definition) is 3. The highest BCUT2D eigenvalue weighted by molar-refractivity contribution is 5.98. The molecule has 0 saturated carbocycles. The van der Waals surface area contributed by atoms with E-state index in [1.807, 2.05) is 42.2 Å². The molecule has 1 fully saturated rings. The van der Waals surface area contributed by atoms with Crippen LogP contribution >= 0.6 is 0 Å². The predicted octanol–water partition coefficient (Wildman–Crippen LogP) is 4.87. The molecule has 0 radical (unpaired) electrons. The number of piperidine rings is 1. The van der Waals surface area contributed by atoms with Crippen molar-refractivity contribution in [3.8, 4) is 5.75 Å². The van der Waals surface area contributed by atoms with Crippen LogP contribution in [0.15, 0.2) is 42.5 Å². The summed E-state index contributed by atoms with van der Waals surface area (Å²) >= 11 is 0. The minimum absolute atomic E-state index is 0.00414. The molecule has 0 spiro atoms. The number of ether oxygens (including phenoxy) is 1. The van der Waals surface area contributed by atoms with E-state index in [0.717, 1.165) is 41.7 Å². The lowest BCUT2D eigenvalue weighted by molar-refractivity contribution is -0.131. The Kier molecular flexibility index (Phi) is 7.30. The Hall–Kier alpha value is -2.62. The molecule has 0 aliphatic carbocycles. The lowest BCUT2D eigenvalue weighted by Gasteiger charge is -2.31. The van der Waals surface area contributed by atoms with Crippen LogP contribution in [0.3, 0.4) is 0 Å². The fourth-order valence-electron chi connectivity index (χ4n) is 4.16. The van der Waals surface area contributed by atoms with Gasteiger partial charge in [0.2, 0.25) is 5.91 Å². The summed E-state index contributed by atoms with van der Waals surface area (Å²) in [5, 5.41) is 0. The average Bonchev–Trinajstić information content (AvgIpc) is 2.74. The maximum absolute atomic E-state index is 12.9. The zero-order valence-corrected chi connectivity index (χ0v) is 18.6. The third-order valence-electron chi connectivity index (χ3n) is 5.93. The van der Waals surface area contributed by atoms with Gasteiger partial charge >= 0.3 is 0 Å². The summed E-state index contributed by atoms with van der Waals surface area (Å²) in [5.74, 6) is 1.74. The van der Waals surface area contributed by atoms with Crippen molar-refractivity contribution in [2.75, 3.05) is 20.2 Å². The van der Waals surface area contributed by atoms with Crippen LogP contribution in [-0.4, -0.2) is 36.8 Å². The fourth-order valence-corrected chi connectivity index (χ4v) is 4.16. The molecular weight excluding hydrogens is 374 g/mol. The summed E-state index contributed by atoms with van der Waals surface area (Å²) in [6, 6.07) is 14.0. The van der Waals surface area contributed by atoms with Crippen LogP contribution in [0.2, 0.25) is 0 Å². The van der Waals surface area contributed by atoms with Gasteiger partial charge in [-0.25, -0.2) is 0 Å². The van der Waals surface area contributed by atoms with Gasteiger partial charge in [-0.1, -0.05) is 50.2 Å². The Morgan fingerprint density at radius 2 is 1.67 bits per heavy atom. The van der Waals surface area contributed by atoms with Gasteiger partial charge in [-0.05, 0) is 54.9 Å². The predicted molar refractivity (Wildman–Crippen MR) is 120 cm³/mol. The summed E-state index contributed by atoms with van der Waals surface area (Å²) in [5.41, 5.74) is 4.08. The molecule has 0 atom stereocenters. The third kappa shape index (κ3) is 5.50. The first-order valence-electron chi connectivity index (χ1n) is 10.9. The molecule has 0 unspecified atom stereocenters. The minimum atomic E-state index is 0.00414. The molecule has 0 aromatic heterocycles. The average molecular weight is 408 g/mol. The highest BCUT2D eigenvalue weighted by Gasteiger charge is 2.28. The van der Waals surface area contributed by atoms with E-state index in [1.165, 1.54) is 5.56 Å². The number of carbonyl (C=O) groups excluding carboxylic acids is 2. The van der Waals surface area contributed by atoms with Crippen molar-refractivity contribution in [3.05, 3.63) is 64.7 Å². The van der Waals surface area contributed by atoms with Crippen LogP contribution in [0.4, 0.5) is 0 Å². The Morgan fingerprint density at radius 1 is 1.03 bits per heavy atom. The molecule has 2 aromatic rings. The second-order valence-electron chi connectivity index (χ2n) is 8.79. The van der Waals surface area contributed by atoms with Gasteiger partial charge in [0.1, 0.15) is 5.75 Å². The van der Waals surface area contributed by atoms with Crippen LogP contribution in [0.1, 0.15) is 53.7 Å². The van der Waals surface area contributed by atoms with E-state index >= 15 is 0 Å². The van der Waals surface area contributed by atoms with Gasteiger partial charge in [0.05, 0.1) is 13.5 Å². The highest BCUT2D eigenvalue weighted by Crippen LogP contribution is 2.24. The summed E-state index contributed by atoms with van der Waals surface area (Å²) in [6.07, 6.45) is 2.86. The molecule has 4 heteroatoms. The van der Waals surface area contributed by atoms with Gasteiger partial charge < -0.3 is 9.64 Å². The fraction of sp³-hybridized carbons (Fsp3) is 0.462. The van der Waals surface area contributed by atoms with Gasteiger partial charge in [-0.15, -0.1) is 0 Å². The molecule has 0 N–H and O–H groups in total. The van der Waals surface area contributed by atoms with Crippen LogP contribution in [0.25, 0.3) is 0 Å². The Balaban J connectivity index is 1.53. The first kappa shape index (κ1) is 22.1. The van der Waals surface area contributed by atoms with Crippen molar-refractivity contribution in [3.63, 3.8) is 0 Å². The third-order valence-corrected chi connectivity index (χ3v) is 5.93. The molecule has 4 nitrogen and oxygen atoms in total. The molecule has 1 saturated heterocycles. The molecule has 1 aliphatic rings. The lowest BCUT2D eigenvalue weighted by atomic mass is 9.88. The Morgan fingerprint density at radius 3 is 2.27 bits per heavy atom. The lowest BCUT2D eigenvalue weighted by Crippen LogP contribution is -2.41. The van der Waals surface area contributed by atoms with Crippen molar-refractivity contribution in [2.24, 2.45) is 11.8 Å². The van der Waals surface area contributed by atoms with Gasteiger partial charge in [0.25, 0.3) is 0 Å². The smallest absolute Gasteiger partial charge is 0.226 e. The second kappa shape index (κ2) is 9.92. The minimum Gasteiger partial charge on any atom is -0.496 e. The van der Waals surface area contributed by atoms with Crippen LogP contribution in [0.5, 0.6) is 5.75 Å². The molecule has 1 heterocycles. The van der Waals surface area contributed by atoms with Gasteiger partial charge in [-0.2, -0.15) is 0 Å². The second-order valence-corrected chi connectivity index (χ2v) is 8.79. The van der Waals surface area contributed by atoms with Gasteiger partial charge in [0.15, 0.2) is 5.78 Å². The quantitative estimate of drug-likeness (QED) is 0.616. The number of nitrogens with zero attached hydrogens (tertiary/aromatic N) is 1. The summed E-state index contributed by atoms with van der Waals surface area (Å²) in [4.78, 5) is 27.5. The standard InChI is InChI=1S/C26H33NO3/c1-18(2)15-20-7-9-22(10-8-20)26(29)23-11-13-27(14-12-23)25(28)17-21-6-5-19(3)24(16-21)30-4/h5-10,16,18,23H,11-15,17H2,1-4H3. The van der Waals surface area contributed by atoms with Gasteiger partial charge in [0, 0.05) is 24.6 Å². The highest BCUT2D eigenvalue weighted by atomic mass is 16.5. The number of likely N-dealkylation sites (tertiary alicyclic amines) is 1. The number of methoxy groups -OCH3 is 1. The zero-order valence-electron chi connectivity index (χ0n) is 18.6. The monoisotopic (exact) mass is 407 g/mol. The zero-order chi connectivity index (χ0) is 21.7. The first-order valence-corrected chi connectivity index (χ1v) is 10.9. The summed E-state index contributed by atoms with van der Waals surface area (Å²) < 4.78 is 5.36. The molecule has 3 rings (SSSR count). The maximum Gasteiger partial charge on any atom is 0.226 e. The number of aryl methyl sites for hydroxylation is 1. The normalized spacial score (nSPS) is 14.8. The number of hydrogen-bond donors (Lipinski definition) is 0. The van der Waals surface area contributed by atoms with E-state index in [2.05, 4.69) is 26.0 Å². The number of benzene rings is 2. The van der Waals surface area contributed by atoms with Crippen LogP contribution in [0, 0.1) is 18.8 Å². The van der Waals surface area contributed by atoms with Crippen molar-refractivity contribution in [1.29, 1.82) is 0 Å². The Labute approximate surface area is 180 Å². The number of Topliss-reactive ketones (excluding diaryl/α,β-unsaturated/α-hetero) is 1. The van der Waals surface area contributed by atoms with Crippen molar-refractivity contribution >= 4 is 11.7 Å². The summed E-state index contributed by atoms with van der Waals surface area (Å²) in [6.45, 7) is 7.67. The van der Waals surface area contributed by atoms with Crippen molar-refractivity contribution in [2.45, 2.75) is 46.5 Å². The number of rotatable bonds is 7. The largest absolute Gasteiger partial charge is 0.496 e. The SMILES string of the molecule is COc1cc(CC(=O)N2CCC(C(=O)c3ccc(CC(C)C)cc3)CC2)ccc1C. The molecule has 160 valence electrons. The van der Waals surface area contributed by atoms with E-state index in [9.17, 15) is 9.59 Å². The maximum atomic E-state index is 12.9. The number of amides is 1. The van der Waals surface area contributed by atoms with Gasteiger partial charge in [-0.3, -0.25) is 9.59 Å². The molecule has 0 bridgehead atoms. The van der Waals surface area contributed by atoms with Crippen LogP contribution < -0.4 is 4.74 Å². The number of carbonyl (C=O) groups is 2. The molecule has 1 aliphatic heterocycles. The van der Waals surface area contributed by atoms with Crippen molar-refractivity contribution in [1.82, 2.24) is 4.90 Å².